The van der Waals surface area contributed by atoms with Crippen molar-refractivity contribution in [1.29, 1.82) is 5.26 Å². The molecule has 0 bridgehead atoms. The Morgan fingerprint density at radius 3 is 2.82 bits per heavy atom. The van der Waals surface area contributed by atoms with Crippen LogP contribution in [-0.2, 0) is 0 Å². The average molecular weight is 295 g/mol. The highest BCUT2D eigenvalue weighted by atomic mass is 15.1. The summed E-state index contributed by atoms with van der Waals surface area (Å²) in [5, 5.41) is 10.3. The first-order chi connectivity index (χ1) is 10.8. The van der Waals surface area contributed by atoms with Gasteiger partial charge in [0, 0.05) is 23.6 Å². The smallest absolute Gasteiger partial charge is 0.101 e. The molecule has 0 amide bonds. The van der Waals surface area contributed by atoms with Crippen LogP contribution in [0.5, 0.6) is 0 Å². The first-order valence-electron chi connectivity index (χ1n) is 8.50. The summed E-state index contributed by atoms with van der Waals surface area (Å²) in [6, 6.07) is 8.93. The minimum Gasteiger partial charge on any atom is -0.360 e. The SMILES string of the molecule is CCN(CC)C[C@H]1CCC[C@@H]1c1ccc2[nH]cc(C#N)c2c1. The molecule has 1 aromatic heterocycles. The van der Waals surface area contributed by atoms with E-state index in [9.17, 15) is 5.26 Å². The summed E-state index contributed by atoms with van der Waals surface area (Å²) in [6.07, 6.45) is 5.75. The Morgan fingerprint density at radius 1 is 1.27 bits per heavy atom. The van der Waals surface area contributed by atoms with Gasteiger partial charge >= 0.3 is 0 Å². The second kappa shape index (κ2) is 6.54. The van der Waals surface area contributed by atoms with Gasteiger partial charge in [0.1, 0.15) is 6.07 Å². The minimum absolute atomic E-state index is 0.645. The lowest BCUT2D eigenvalue weighted by atomic mass is 9.87. The Labute approximate surface area is 132 Å². The van der Waals surface area contributed by atoms with Crippen LogP contribution in [0.3, 0.4) is 0 Å². The van der Waals surface area contributed by atoms with Gasteiger partial charge in [0.05, 0.1) is 5.56 Å². The molecule has 116 valence electrons. The highest BCUT2D eigenvalue weighted by Crippen LogP contribution is 2.41. The summed E-state index contributed by atoms with van der Waals surface area (Å²) >= 11 is 0. The van der Waals surface area contributed by atoms with E-state index in [1.54, 1.807) is 0 Å². The lowest BCUT2D eigenvalue weighted by molar-refractivity contribution is 0.243. The lowest BCUT2D eigenvalue weighted by Crippen LogP contribution is -2.30. The van der Waals surface area contributed by atoms with Crippen molar-refractivity contribution in [2.24, 2.45) is 5.92 Å². The Bertz CT molecular complexity index is 676. The Morgan fingerprint density at radius 2 is 2.09 bits per heavy atom. The van der Waals surface area contributed by atoms with E-state index in [0.29, 0.717) is 5.92 Å². The van der Waals surface area contributed by atoms with Crippen molar-refractivity contribution in [2.75, 3.05) is 19.6 Å². The molecule has 0 saturated heterocycles. The predicted molar refractivity (Wildman–Crippen MR) is 90.9 cm³/mol. The number of aromatic nitrogens is 1. The fraction of sp³-hybridized carbons (Fsp3) is 0.526. The van der Waals surface area contributed by atoms with Crippen LogP contribution in [0.15, 0.2) is 24.4 Å². The largest absolute Gasteiger partial charge is 0.360 e. The third-order valence-electron chi connectivity index (χ3n) is 5.30. The zero-order valence-electron chi connectivity index (χ0n) is 13.6. The maximum atomic E-state index is 9.24. The third kappa shape index (κ3) is 2.76. The number of H-pyrrole nitrogens is 1. The van der Waals surface area contributed by atoms with Crippen molar-refractivity contribution in [3.63, 3.8) is 0 Å². The van der Waals surface area contributed by atoms with E-state index in [1.165, 1.54) is 31.4 Å². The number of nitriles is 1. The Hall–Kier alpha value is -1.79. The molecule has 2 atom stereocenters. The minimum atomic E-state index is 0.645. The first kappa shape index (κ1) is 15.1. The van der Waals surface area contributed by atoms with Crippen LogP contribution in [-0.4, -0.2) is 29.5 Å². The number of nitrogens with one attached hydrogen (secondary N) is 1. The molecule has 0 aliphatic heterocycles. The summed E-state index contributed by atoms with van der Waals surface area (Å²) in [5.74, 6) is 1.40. The van der Waals surface area contributed by atoms with Gasteiger partial charge in [-0.3, -0.25) is 0 Å². The molecule has 1 N–H and O–H groups in total. The van der Waals surface area contributed by atoms with Crippen LogP contribution in [0.4, 0.5) is 0 Å². The normalized spacial score (nSPS) is 21.5. The van der Waals surface area contributed by atoms with Gasteiger partial charge in [-0.25, -0.2) is 0 Å². The molecule has 1 aromatic carbocycles. The van der Waals surface area contributed by atoms with E-state index in [2.05, 4.69) is 48.0 Å². The van der Waals surface area contributed by atoms with E-state index in [-0.39, 0.29) is 0 Å². The maximum Gasteiger partial charge on any atom is 0.101 e. The van der Waals surface area contributed by atoms with Crippen LogP contribution in [0.1, 0.15) is 50.2 Å². The number of nitrogens with zero attached hydrogens (tertiary/aromatic N) is 2. The fourth-order valence-corrected chi connectivity index (χ4v) is 3.97. The Kier molecular flexibility index (Phi) is 4.49. The topological polar surface area (TPSA) is 42.8 Å². The van der Waals surface area contributed by atoms with Crippen molar-refractivity contribution in [3.8, 4) is 6.07 Å². The van der Waals surface area contributed by atoms with Crippen molar-refractivity contribution in [3.05, 3.63) is 35.5 Å². The highest BCUT2D eigenvalue weighted by molar-refractivity contribution is 5.86. The molecule has 3 rings (SSSR count). The molecule has 1 fully saturated rings. The predicted octanol–water partition coefficient (Wildman–Crippen LogP) is 4.27. The molecular formula is C19H25N3. The lowest BCUT2D eigenvalue weighted by Gasteiger charge is -2.27. The second-order valence-corrected chi connectivity index (χ2v) is 6.40. The molecule has 1 heterocycles. The van der Waals surface area contributed by atoms with Crippen LogP contribution in [0, 0.1) is 17.2 Å². The van der Waals surface area contributed by atoms with Gasteiger partial charge in [-0.15, -0.1) is 0 Å². The van der Waals surface area contributed by atoms with E-state index in [4.69, 9.17) is 0 Å². The second-order valence-electron chi connectivity index (χ2n) is 6.40. The van der Waals surface area contributed by atoms with Crippen molar-refractivity contribution in [2.45, 2.75) is 39.0 Å². The van der Waals surface area contributed by atoms with E-state index in [1.807, 2.05) is 6.20 Å². The van der Waals surface area contributed by atoms with Gasteiger partial charge in [0.15, 0.2) is 0 Å². The van der Waals surface area contributed by atoms with Gasteiger partial charge in [0.2, 0.25) is 0 Å². The summed E-state index contributed by atoms with van der Waals surface area (Å²) in [5.41, 5.74) is 3.24. The fourth-order valence-electron chi connectivity index (χ4n) is 3.97. The highest BCUT2D eigenvalue weighted by Gasteiger charge is 2.29. The van der Waals surface area contributed by atoms with Crippen molar-refractivity contribution < 1.29 is 0 Å². The number of rotatable bonds is 5. The summed E-state index contributed by atoms with van der Waals surface area (Å²) < 4.78 is 0. The number of fused-ring (bicyclic) bond motifs is 1. The van der Waals surface area contributed by atoms with Crippen LogP contribution >= 0.6 is 0 Å². The Balaban J connectivity index is 1.87. The van der Waals surface area contributed by atoms with Crippen molar-refractivity contribution in [1.82, 2.24) is 9.88 Å². The zero-order valence-corrected chi connectivity index (χ0v) is 13.6. The molecule has 1 aliphatic rings. The van der Waals surface area contributed by atoms with Crippen LogP contribution in [0.2, 0.25) is 0 Å². The zero-order chi connectivity index (χ0) is 15.5. The van der Waals surface area contributed by atoms with E-state index < -0.39 is 0 Å². The van der Waals surface area contributed by atoms with Gasteiger partial charge in [-0.2, -0.15) is 5.26 Å². The van der Waals surface area contributed by atoms with Crippen LogP contribution < -0.4 is 0 Å². The van der Waals surface area contributed by atoms with Gasteiger partial charge in [0.25, 0.3) is 0 Å². The molecule has 22 heavy (non-hydrogen) atoms. The molecule has 0 spiro atoms. The average Bonchev–Trinajstić information content (AvgIpc) is 3.18. The molecule has 3 nitrogen and oxygen atoms in total. The monoisotopic (exact) mass is 295 g/mol. The van der Waals surface area contributed by atoms with Gasteiger partial charge in [-0.05, 0) is 55.5 Å². The molecule has 1 saturated carbocycles. The van der Waals surface area contributed by atoms with Crippen molar-refractivity contribution >= 4 is 10.9 Å². The summed E-state index contributed by atoms with van der Waals surface area (Å²) in [7, 11) is 0. The first-order valence-corrected chi connectivity index (χ1v) is 8.50. The van der Waals surface area contributed by atoms with Gasteiger partial charge < -0.3 is 9.88 Å². The molecule has 0 unspecified atom stereocenters. The third-order valence-corrected chi connectivity index (χ3v) is 5.30. The standard InChI is InChI=1S/C19H25N3/c1-3-22(4-2)13-15-6-5-7-17(15)14-8-9-19-18(10-14)16(11-20)12-21-19/h8-10,12,15,17,21H,3-7,13H2,1-2H3/t15-,17-/m1/s1. The molecule has 0 radical (unpaired) electrons. The molecule has 2 aromatic rings. The number of hydrogen-bond donors (Lipinski definition) is 1. The quantitative estimate of drug-likeness (QED) is 0.895. The van der Waals surface area contributed by atoms with Crippen LogP contribution in [0.25, 0.3) is 10.9 Å². The molecule has 3 heteroatoms. The maximum absolute atomic E-state index is 9.24. The summed E-state index contributed by atoms with van der Waals surface area (Å²) in [6.45, 7) is 7.97. The van der Waals surface area contributed by atoms with E-state index >= 15 is 0 Å². The molecule has 1 aliphatic carbocycles. The summed E-state index contributed by atoms with van der Waals surface area (Å²) in [4.78, 5) is 5.73. The number of aromatic amines is 1. The van der Waals surface area contributed by atoms with Gasteiger partial charge in [-0.1, -0.05) is 26.3 Å². The molecular weight excluding hydrogens is 270 g/mol. The van der Waals surface area contributed by atoms with E-state index in [0.717, 1.165) is 35.5 Å². The number of hydrogen-bond acceptors (Lipinski definition) is 2. The number of benzene rings is 1.